The lowest BCUT2D eigenvalue weighted by Crippen LogP contribution is -2.53. The molecule has 0 aromatic rings. The van der Waals surface area contributed by atoms with Gasteiger partial charge in [0.05, 0.1) is 5.92 Å². The zero-order valence-corrected chi connectivity index (χ0v) is 15.3. The van der Waals surface area contributed by atoms with Crippen LogP contribution in [-0.4, -0.2) is 48.6 Å². The van der Waals surface area contributed by atoms with Gasteiger partial charge in [-0.15, -0.1) is 0 Å². The lowest BCUT2D eigenvalue weighted by Gasteiger charge is -2.36. The van der Waals surface area contributed by atoms with E-state index in [9.17, 15) is 9.59 Å². The summed E-state index contributed by atoms with van der Waals surface area (Å²) in [6.07, 6.45) is 10.9. The van der Waals surface area contributed by atoms with E-state index < -0.39 is 0 Å². The van der Waals surface area contributed by atoms with Crippen LogP contribution in [0.3, 0.4) is 0 Å². The van der Waals surface area contributed by atoms with Crippen LogP contribution in [0.1, 0.15) is 64.2 Å². The first-order valence-electron chi connectivity index (χ1n) is 10.2. The van der Waals surface area contributed by atoms with E-state index >= 15 is 0 Å². The summed E-state index contributed by atoms with van der Waals surface area (Å²) in [7, 11) is 0. The van der Waals surface area contributed by atoms with Gasteiger partial charge in [-0.2, -0.15) is 0 Å². The number of carbonyl (C=O) groups is 2. The molecule has 3 unspecified atom stereocenters. The normalized spacial score (nSPS) is 30.9. The van der Waals surface area contributed by atoms with E-state index in [4.69, 9.17) is 5.73 Å². The Morgan fingerprint density at radius 1 is 0.920 bits per heavy atom. The first-order chi connectivity index (χ1) is 12.2. The molecule has 3 fully saturated rings. The van der Waals surface area contributed by atoms with E-state index in [-0.39, 0.29) is 23.9 Å². The summed E-state index contributed by atoms with van der Waals surface area (Å²) in [5.74, 6) is 0.440. The number of amides is 3. The summed E-state index contributed by atoms with van der Waals surface area (Å²) in [6.45, 7) is 1.95. The smallest absolute Gasteiger partial charge is 0.317 e. The SMILES string of the molecule is NCC1CCCCC1NC(=O)C1CCCN(C(=O)NC2CCCC2)C1. The second-order valence-corrected chi connectivity index (χ2v) is 8.11. The van der Waals surface area contributed by atoms with Crippen molar-refractivity contribution in [3.63, 3.8) is 0 Å². The zero-order chi connectivity index (χ0) is 17.6. The fraction of sp³-hybridized carbons (Fsp3) is 0.895. The van der Waals surface area contributed by atoms with Crippen molar-refractivity contribution < 1.29 is 9.59 Å². The van der Waals surface area contributed by atoms with Crippen LogP contribution >= 0.6 is 0 Å². The van der Waals surface area contributed by atoms with Crippen molar-refractivity contribution >= 4 is 11.9 Å². The van der Waals surface area contributed by atoms with Crippen molar-refractivity contribution in [1.82, 2.24) is 15.5 Å². The summed E-state index contributed by atoms with van der Waals surface area (Å²) in [5.41, 5.74) is 5.87. The van der Waals surface area contributed by atoms with Crippen LogP contribution in [0.4, 0.5) is 4.79 Å². The summed E-state index contributed by atoms with van der Waals surface area (Å²) < 4.78 is 0. The maximum Gasteiger partial charge on any atom is 0.317 e. The van der Waals surface area contributed by atoms with Gasteiger partial charge in [0.15, 0.2) is 0 Å². The molecule has 3 atom stereocenters. The third-order valence-electron chi connectivity index (χ3n) is 6.30. The van der Waals surface area contributed by atoms with E-state index in [1.54, 1.807) is 0 Å². The second-order valence-electron chi connectivity index (χ2n) is 8.11. The molecular formula is C19H34N4O2. The van der Waals surface area contributed by atoms with Crippen molar-refractivity contribution in [2.75, 3.05) is 19.6 Å². The first-order valence-corrected chi connectivity index (χ1v) is 10.2. The van der Waals surface area contributed by atoms with Gasteiger partial charge in [-0.1, -0.05) is 25.7 Å². The lowest BCUT2D eigenvalue weighted by molar-refractivity contribution is -0.127. The van der Waals surface area contributed by atoms with E-state index in [1.807, 2.05) is 4.90 Å². The number of hydrogen-bond donors (Lipinski definition) is 3. The summed E-state index contributed by atoms with van der Waals surface area (Å²) in [6, 6.07) is 0.560. The van der Waals surface area contributed by atoms with Gasteiger partial charge >= 0.3 is 6.03 Å². The zero-order valence-electron chi connectivity index (χ0n) is 15.3. The minimum absolute atomic E-state index is 0.0156. The monoisotopic (exact) mass is 350 g/mol. The van der Waals surface area contributed by atoms with Gasteiger partial charge in [0.2, 0.25) is 5.91 Å². The first kappa shape index (κ1) is 18.5. The van der Waals surface area contributed by atoms with E-state index in [1.165, 1.54) is 25.7 Å². The maximum atomic E-state index is 12.7. The molecule has 1 saturated heterocycles. The summed E-state index contributed by atoms with van der Waals surface area (Å²) in [4.78, 5) is 27.0. The minimum atomic E-state index is -0.0802. The van der Waals surface area contributed by atoms with Crippen LogP contribution in [0.5, 0.6) is 0 Å². The number of rotatable bonds is 4. The number of nitrogens with one attached hydrogen (secondary N) is 2. The van der Waals surface area contributed by atoms with Gasteiger partial charge < -0.3 is 21.3 Å². The third-order valence-corrected chi connectivity index (χ3v) is 6.30. The molecule has 0 aromatic heterocycles. The molecule has 6 nitrogen and oxygen atoms in total. The summed E-state index contributed by atoms with van der Waals surface area (Å²) >= 11 is 0. The molecule has 0 spiro atoms. The van der Waals surface area contributed by atoms with Gasteiger partial charge in [-0.25, -0.2) is 4.79 Å². The molecule has 3 amide bonds. The largest absolute Gasteiger partial charge is 0.353 e. The standard InChI is InChI=1S/C19H34N4O2/c20-12-14-6-1-4-10-17(14)22-18(24)15-7-5-11-23(13-15)19(25)21-16-8-2-3-9-16/h14-17H,1-13,20H2,(H,21,25)(H,22,24). The average molecular weight is 351 g/mol. The maximum absolute atomic E-state index is 12.7. The fourth-order valence-corrected chi connectivity index (χ4v) is 4.69. The van der Waals surface area contributed by atoms with Crippen molar-refractivity contribution in [3.8, 4) is 0 Å². The van der Waals surface area contributed by atoms with Gasteiger partial charge in [0.1, 0.15) is 0 Å². The predicted molar refractivity (Wildman–Crippen MR) is 98.0 cm³/mol. The fourth-order valence-electron chi connectivity index (χ4n) is 4.69. The quantitative estimate of drug-likeness (QED) is 0.724. The molecule has 0 radical (unpaired) electrons. The second kappa shape index (κ2) is 8.88. The van der Waals surface area contributed by atoms with Crippen LogP contribution in [0.15, 0.2) is 0 Å². The highest BCUT2D eigenvalue weighted by atomic mass is 16.2. The number of likely N-dealkylation sites (tertiary alicyclic amines) is 1. The van der Waals surface area contributed by atoms with Crippen LogP contribution in [0, 0.1) is 11.8 Å². The molecule has 3 aliphatic rings. The Kier molecular flexibility index (Phi) is 6.57. The molecule has 4 N–H and O–H groups in total. The minimum Gasteiger partial charge on any atom is -0.353 e. The molecule has 142 valence electrons. The molecular weight excluding hydrogens is 316 g/mol. The van der Waals surface area contributed by atoms with E-state index in [2.05, 4.69) is 10.6 Å². The average Bonchev–Trinajstić information content (AvgIpc) is 3.15. The lowest BCUT2D eigenvalue weighted by atomic mass is 9.84. The van der Waals surface area contributed by atoms with Crippen molar-refractivity contribution in [2.24, 2.45) is 17.6 Å². The Balaban J connectivity index is 1.49. The number of hydrogen-bond acceptors (Lipinski definition) is 3. The molecule has 0 bridgehead atoms. The molecule has 1 heterocycles. The van der Waals surface area contributed by atoms with Crippen LogP contribution in [-0.2, 0) is 4.79 Å². The predicted octanol–water partition coefficient (Wildman–Crippen LogP) is 1.98. The van der Waals surface area contributed by atoms with E-state index in [0.717, 1.165) is 45.1 Å². The molecule has 2 saturated carbocycles. The molecule has 3 rings (SSSR count). The number of urea groups is 1. The van der Waals surface area contributed by atoms with Gasteiger partial charge in [0.25, 0.3) is 0 Å². The Labute approximate surface area is 151 Å². The van der Waals surface area contributed by atoms with Crippen LogP contribution < -0.4 is 16.4 Å². The topological polar surface area (TPSA) is 87.5 Å². The Bertz CT molecular complexity index is 464. The highest BCUT2D eigenvalue weighted by Crippen LogP contribution is 2.25. The molecule has 1 aliphatic heterocycles. The van der Waals surface area contributed by atoms with Crippen LogP contribution in [0.25, 0.3) is 0 Å². The van der Waals surface area contributed by atoms with Crippen molar-refractivity contribution in [2.45, 2.75) is 76.3 Å². The Hall–Kier alpha value is -1.30. The van der Waals surface area contributed by atoms with Gasteiger partial charge in [-0.3, -0.25) is 4.79 Å². The number of nitrogens with zero attached hydrogens (tertiary/aromatic N) is 1. The molecule has 6 heteroatoms. The summed E-state index contributed by atoms with van der Waals surface area (Å²) in [5, 5.41) is 6.39. The Morgan fingerprint density at radius 2 is 1.64 bits per heavy atom. The third kappa shape index (κ3) is 4.87. The highest BCUT2D eigenvalue weighted by Gasteiger charge is 2.32. The van der Waals surface area contributed by atoms with Gasteiger partial charge in [-0.05, 0) is 51.0 Å². The molecule has 25 heavy (non-hydrogen) atoms. The molecule has 2 aliphatic carbocycles. The number of nitrogens with two attached hydrogens (primary N) is 1. The number of piperidine rings is 1. The van der Waals surface area contributed by atoms with E-state index in [0.29, 0.717) is 25.0 Å². The van der Waals surface area contributed by atoms with Crippen molar-refractivity contribution in [3.05, 3.63) is 0 Å². The highest BCUT2D eigenvalue weighted by molar-refractivity contribution is 5.81. The Morgan fingerprint density at radius 3 is 2.40 bits per heavy atom. The van der Waals surface area contributed by atoms with Gasteiger partial charge in [0, 0.05) is 25.2 Å². The molecule has 0 aromatic carbocycles. The van der Waals surface area contributed by atoms with Crippen LogP contribution in [0.2, 0.25) is 0 Å². The van der Waals surface area contributed by atoms with Crippen molar-refractivity contribution in [1.29, 1.82) is 0 Å². The number of carbonyl (C=O) groups excluding carboxylic acids is 2.